The maximum absolute atomic E-state index is 12.3. The van der Waals surface area contributed by atoms with Crippen molar-refractivity contribution in [3.8, 4) is 0 Å². The van der Waals surface area contributed by atoms with Gasteiger partial charge in [0.1, 0.15) is 0 Å². The molecule has 1 spiro atoms. The molecule has 2 fully saturated rings. The van der Waals surface area contributed by atoms with E-state index in [2.05, 4.69) is 20.7 Å². The lowest BCUT2D eigenvalue weighted by molar-refractivity contribution is -0.0930. The Morgan fingerprint density at radius 1 is 1.30 bits per heavy atom. The molecule has 0 amide bonds. The van der Waals surface area contributed by atoms with Crippen molar-refractivity contribution in [2.45, 2.75) is 49.6 Å². The molecular formula is C14H18BrNO3S. The van der Waals surface area contributed by atoms with Crippen molar-refractivity contribution in [3.63, 3.8) is 0 Å². The second-order valence-corrected chi connectivity index (χ2v) is 8.77. The fourth-order valence-corrected chi connectivity index (χ4v) is 5.16. The van der Waals surface area contributed by atoms with E-state index in [1.54, 1.807) is 18.2 Å². The van der Waals surface area contributed by atoms with Crippen LogP contribution in [0.4, 0.5) is 0 Å². The average molecular weight is 360 g/mol. The van der Waals surface area contributed by atoms with Crippen molar-refractivity contribution < 1.29 is 13.5 Å². The average Bonchev–Trinajstić information content (AvgIpc) is 2.27. The Bertz CT molecular complexity index is 630. The van der Waals surface area contributed by atoms with Gasteiger partial charge in [0.15, 0.2) is 0 Å². The van der Waals surface area contributed by atoms with Gasteiger partial charge in [-0.25, -0.2) is 13.1 Å². The molecule has 0 radical (unpaired) electrons. The minimum Gasteiger partial charge on any atom is -0.393 e. The SMILES string of the molecule is Cc1ccc(S(=O)(=O)NC2CC3(CC(O)C3)C2)cc1Br. The summed E-state index contributed by atoms with van der Waals surface area (Å²) in [4.78, 5) is 0.296. The lowest BCUT2D eigenvalue weighted by Crippen LogP contribution is -2.57. The van der Waals surface area contributed by atoms with Crippen LogP contribution in [0.1, 0.15) is 31.2 Å². The van der Waals surface area contributed by atoms with Crippen molar-refractivity contribution in [1.29, 1.82) is 0 Å². The van der Waals surface area contributed by atoms with Gasteiger partial charge in [-0.05, 0) is 55.7 Å². The Labute approximate surface area is 127 Å². The van der Waals surface area contributed by atoms with Gasteiger partial charge in [-0.15, -0.1) is 0 Å². The molecule has 1 aromatic carbocycles. The van der Waals surface area contributed by atoms with Crippen molar-refractivity contribution in [1.82, 2.24) is 4.72 Å². The molecule has 0 unspecified atom stereocenters. The van der Waals surface area contributed by atoms with E-state index in [4.69, 9.17) is 0 Å². The monoisotopic (exact) mass is 359 g/mol. The fourth-order valence-electron chi connectivity index (χ4n) is 3.37. The Morgan fingerprint density at radius 3 is 2.50 bits per heavy atom. The highest BCUT2D eigenvalue weighted by atomic mass is 79.9. The highest BCUT2D eigenvalue weighted by Crippen LogP contribution is 2.56. The molecule has 0 atom stereocenters. The molecule has 0 aliphatic heterocycles. The van der Waals surface area contributed by atoms with Gasteiger partial charge >= 0.3 is 0 Å². The number of halogens is 1. The number of sulfonamides is 1. The summed E-state index contributed by atoms with van der Waals surface area (Å²) in [5.74, 6) is 0. The van der Waals surface area contributed by atoms with Crippen molar-refractivity contribution in [2.24, 2.45) is 5.41 Å². The number of hydrogen-bond acceptors (Lipinski definition) is 3. The highest BCUT2D eigenvalue weighted by Gasteiger charge is 2.53. The molecule has 2 aliphatic carbocycles. The van der Waals surface area contributed by atoms with E-state index in [0.717, 1.165) is 35.7 Å². The van der Waals surface area contributed by atoms with Crippen LogP contribution in [-0.4, -0.2) is 25.7 Å². The van der Waals surface area contributed by atoms with E-state index >= 15 is 0 Å². The maximum Gasteiger partial charge on any atom is 0.240 e. The summed E-state index contributed by atoms with van der Waals surface area (Å²) in [5, 5.41) is 9.36. The third-order valence-corrected chi connectivity index (χ3v) is 6.84. The van der Waals surface area contributed by atoms with E-state index in [1.807, 2.05) is 6.92 Å². The topological polar surface area (TPSA) is 66.4 Å². The summed E-state index contributed by atoms with van der Waals surface area (Å²) in [6, 6.07) is 5.07. The van der Waals surface area contributed by atoms with E-state index in [0.29, 0.717) is 4.90 Å². The van der Waals surface area contributed by atoms with Gasteiger partial charge in [0.2, 0.25) is 10.0 Å². The van der Waals surface area contributed by atoms with Gasteiger partial charge in [-0.2, -0.15) is 0 Å². The largest absolute Gasteiger partial charge is 0.393 e. The lowest BCUT2D eigenvalue weighted by Gasteiger charge is -2.56. The second-order valence-electron chi connectivity index (χ2n) is 6.20. The highest BCUT2D eigenvalue weighted by molar-refractivity contribution is 9.10. The van der Waals surface area contributed by atoms with Crippen LogP contribution in [0.5, 0.6) is 0 Å². The molecule has 0 saturated heterocycles. The second kappa shape index (κ2) is 4.80. The van der Waals surface area contributed by atoms with Crippen LogP contribution in [-0.2, 0) is 10.0 Å². The molecular weight excluding hydrogens is 342 g/mol. The predicted octanol–water partition coefficient (Wildman–Crippen LogP) is 2.34. The minimum atomic E-state index is -3.45. The number of aliphatic hydroxyl groups is 1. The quantitative estimate of drug-likeness (QED) is 0.870. The van der Waals surface area contributed by atoms with Crippen molar-refractivity contribution in [3.05, 3.63) is 28.2 Å². The van der Waals surface area contributed by atoms with E-state index in [1.165, 1.54) is 0 Å². The van der Waals surface area contributed by atoms with Crippen LogP contribution in [0, 0.1) is 12.3 Å². The first-order valence-corrected chi connectivity index (χ1v) is 9.04. The third-order valence-electron chi connectivity index (χ3n) is 4.47. The van der Waals surface area contributed by atoms with Gasteiger partial charge in [0, 0.05) is 10.5 Å². The van der Waals surface area contributed by atoms with Gasteiger partial charge in [0.05, 0.1) is 11.0 Å². The number of aliphatic hydroxyl groups excluding tert-OH is 1. The molecule has 2 aliphatic rings. The molecule has 0 bridgehead atoms. The summed E-state index contributed by atoms with van der Waals surface area (Å²) in [6.45, 7) is 1.92. The van der Waals surface area contributed by atoms with Gasteiger partial charge < -0.3 is 5.11 Å². The van der Waals surface area contributed by atoms with Crippen LogP contribution in [0.2, 0.25) is 0 Å². The summed E-state index contributed by atoms with van der Waals surface area (Å²) in [7, 11) is -3.45. The number of hydrogen-bond donors (Lipinski definition) is 2. The molecule has 4 nitrogen and oxygen atoms in total. The summed E-state index contributed by atoms with van der Waals surface area (Å²) in [5.41, 5.74) is 1.22. The normalized spacial score (nSPS) is 32.8. The van der Waals surface area contributed by atoms with Crippen molar-refractivity contribution >= 4 is 26.0 Å². The van der Waals surface area contributed by atoms with Crippen LogP contribution >= 0.6 is 15.9 Å². The molecule has 110 valence electrons. The molecule has 2 N–H and O–H groups in total. The third kappa shape index (κ3) is 2.54. The van der Waals surface area contributed by atoms with Gasteiger partial charge in [-0.1, -0.05) is 22.0 Å². The van der Waals surface area contributed by atoms with Crippen molar-refractivity contribution in [2.75, 3.05) is 0 Å². The lowest BCUT2D eigenvalue weighted by atomic mass is 9.53. The fraction of sp³-hybridized carbons (Fsp3) is 0.571. The zero-order chi connectivity index (χ0) is 14.5. The van der Waals surface area contributed by atoms with Crippen LogP contribution in [0.25, 0.3) is 0 Å². The summed E-state index contributed by atoms with van der Waals surface area (Å²) < 4.78 is 28.2. The molecule has 0 aromatic heterocycles. The molecule has 1 aromatic rings. The molecule has 6 heteroatoms. The molecule has 3 rings (SSSR count). The number of rotatable bonds is 3. The van der Waals surface area contributed by atoms with E-state index in [9.17, 15) is 13.5 Å². The molecule has 0 heterocycles. The smallest absolute Gasteiger partial charge is 0.240 e. The van der Waals surface area contributed by atoms with Crippen LogP contribution in [0.15, 0.2) is 27.6 Å². The first-order valence-electron chi connectivity index (χ1n) is 6.76. The Morgan fingerprint density at radius 2 is 1.95 bits per heavy atom. The predicted molar refractivity (Wildman–Crippen MR) is 79.9 cm³/mol. The first kappa shape index (κ1) is 14.5. The molecule has 2 saturated carbocycles. The Kier molecular flexibility index (Phi) is 3.48. The van der Waals surface area contributed by atoms with Gasteiger partial charge in [0.25, 0.3) is 0 Å². The number of nitrogens with one attached hydrogen (secondary N) is 1. The Hall–Kier alpha value is -0.430. The number of aryl methyl sites for hydroxylation is 1. The standard InChI is InChI=1S/C14H18BrNO3S/c1-9-2-3-12(4-13(9)15)20(18,19)16-10-5-14(6-10)7-11(17)8-14/h2-4,10-11,16-17H,5-8H2,1H3. The Balaban J connectivity index is 1.66. The minimum absolute atomic E-state index is 0.00702. The van der Waals surface area contributed by atoms with Crippen LogP contribution in [0.3, 0.4) is 0 Å². The number of benzene rings is 1. The van der Waals surface area contributed by atoms with Crippen LogP contribution < -0.4 is 4.72 Å². The van der Waals surface area contributed by atoms with Gasteiger partial charge in [-0.3, -0.25) is 0 Å². The zero-order valence-corrected chi connectivity index (χ0v) is 13.7. The maximum atomic E-state index is 12.3. The summed E-state index contributed by atoms with van der Waals surface area (Å²) in [6.07, 6.45) is 3.15. The first-order chi connectivity index (χ1) is 9.30. The molecule has 20 heavy (non-hydrogen) atoms. The van der Waals surface area contributed by atoms with E-state index < -0.39 is 10.0 Å². The summed E-state index contributed by atoms with van der Waals surface area (Å²) >= 11 is 3.36. The van der Waals surface area contributed by atoms with E-state index in [-0.39, 0.29) is 17.6 Å². The zero-order valence-electron chi connectivity index (χ0n) is 11.3.